The van der Waals surface area contributed by atoms with E-state index in [2.05, 4.69) is 21.8 Å². The van der Waals surface area contributed by atoms with Gasteiger partial charge in [-0.1, -0.05) is 0 Å². The predicted octanol–water partition coefficient (Wildman–Crippen LogP) is 2.89. The zero-order valence-electron chi connectivity index (χ0n) is 10.4. The van der Waals surface area contributed by atoms with Gasteiger partial charge >= 0.3 is 0 Å². The Labute approximate surface area is 106 Å². The second-order valence-electron chi connectivity index (χ2n) is 4.82. The van der Waals surface area contributed by atoms with E-state index in [9.17, 15) is 4.39 Å². The Balaban J connectivity index is 1.94. The highest BCUT2D eigenvalue weighted by Gasteiger charge is 2.23. The summed E-state index contributed by atoms with van der Waals surface area (Å²) in [5, 5.41) is 0. The molecule has 0 radical (unpaired) electrons. The number of halogens is 1. The van der Waals surface area contributed by atoms with Crippen molar-refractivity contribution in [2.45, 2.75) is 32.4 Å². The molecule has 1 aromatic carbocycles. The van der Waals surface area contributed by atoms with E-state index in [-0.39, 0.29) is 5.82 Å². The minimum atomic E-state index is -0.152. The highest BCUT2D eigenvalue weighted by molar-refractivity contribution is 5.56. The van der Waals surface area contributed by atoms with Gasteiger partial charge < -0.3 is 9.88 Å². The SMILES string of the molecule is C[C@H]1CCc2cc(F)ccc2N1Cc1ncc[nH]1. The van der Waals surface area contributed by atoms with Crippen molar-refractivity contribution in [2.24, 2.45) is 0 Å². The van der Waals surface area contributed by atoms with Crippen LogP contribution in [0.3, 0.4) is 0 Å². The molecule has 1 aliphatic rings. The molecular formula is C14H16FN3. The lowest BCUT2D eigenvalue weighted by Gasteiger charge is -2.36. The molecule has 0 spiro atoms. The van der Waals surface area contributed by atoms with Crippen molar-refractivity contribution in [3.05, 3.63) is 47.8 Å². The van der Waals surface area contributed by atoms with E-state index < -0.39 is 0 Å². The summed E-state index contributed by atoms with van der Waals surface area (Å²) >= 11 is 0. The Morgan fingerprint density at radius 3 is 3.17 bits per heavy atom. The van der Waals surface area contributed by atoms with Crippen molar-refractivity contribution < 1.29 is 4.39 Å². The minimum Gasteiger partial charge on any atom is -0.361 e. The number of aromatic amines is 1. The van der Waals surface area contributed by atoms with Crippen LogP contribution in [0.2, 0.25) is 0 Å². The third-order valence-electron chi connectivity index (χ3n) is 3.59. The lowest BCUT2D eigenvalue weighted by molar-refractivity contribution is 0.548. The monoisotopic (exact) mass is 245 g/mol. The average Bonchev–Trinajstić information content (AvgIpc) is 2.86. The normalized spacial score (nSPS) is 18.8. The molecule has 94 valence electrons. The summed E-state index contributed by atoms with van der Waals surface area (Å²) in [6.07, 6.45) is 5.59. The van der Waals surface area contributed by atoms with Crippen molar-refractivity contribution in [1.29, 1.82) is 0 Å². The van der Waals surface area contributed by atoms with E-state index in [1.807, 2.05) is 12.3 Å². The van der Waals surface area contributed by atoms with Crippen molar-refractivity contribution >= 4 is 5.69 Å². The first kappa shape index (κ1) is 11.3. The fourth-order valence-corrected chi connectivity index (χ4v) is 2.58. The van der Waals surface area contributed by atoms with E-state index in [1.54, 1.807) is 12.3 Å². The number of benzene rings is 1. The minimum absolute atomic E-state index is 0.152. The van der Waals surface area contributed by atoms with Gasteiger partial charge in [0.05, 0.1) is 6.54 Å². The van der Waals surface area contributed by atoms with Crippen LogP contribution in [-0.2, 0) is 13.0 Å². The molecule has 0 fully saturated rings. The largest absolute Gasteiger partial charge is 0.361 e. The number of H-pyrrole nitrogens is 1. The van der Waals surface area contributed by atoms with Gasteiger partial charge in [0.15, 0.2) is 0 Å². The Morgan fingerprint density at radius 1 is 1.50 bits per heavy atom. The molecule has 18 heavy (non-hydrogen) atoms. The molecule has 0 bridgehead atoms. The van der Waals surface area contributed by atoms with Crippen molar-refractivity contribution in [2.75, 3.05) is 4.90 Å². The van der Waals surface area contributed by atoms with E-state index in [1.165, 1.54) is 6.07 Å². The number of hydrogen-bond donors (Lipinski definition) is 1. The molecule has 0 unspecified atom stereocenters. The molecule has 0 aliphatic carbocycles. The van der Waals surface area contributed by atoms with Crippen LogP contribution in [0.4, 0.5) is 10.1 Å². The number of rotatable bonds is 2. The number of fused-ring (bicyclic) bond motifs is 1. The number of aryl methyl sites for hydroxylation is 1. The first-order valence-corrected chi connectivity index (χ1v) is 6.27. The molecule has 1 aliphatic heterocycles. The van der Waals surface area contributed by atoms with E-state index in [0.29, 0.717) is 6.04 Å². The smallest absolute Gasteiger partial charge is 0.125 e. The molecule has 0 saturated carbocycles. The van der Waals surface area contributed by atoms with Crippen molar-refractivity contribution in [3.63, 3.8) is 0 Å². The molecule has 2 heterocycles. The summed E-state index contributed by atoms with van der Waals surface area (Å²) < 4.78 is 13.3. The predicted molar refractivity (Wildman–Crippen MR) is 69.0 cm³/mol. The van der Waals surface area contributed by atoms with Crippen LogP contribution < -0.4 is 4.90 Å². The van der Waals surface area contributed by atoms with Gasteiger partial charge in [0.25, 0.3) is 0 Å². The van der Waals surface area contributed by atoms with Gasteiger partial charge in [0.2, 0.25) is 0 Å². The summed E-state index contributed by atoms with van der Waals surface area (Å²) in [5.41, 5.74) is 2.23. The van der Waals surface area contributed by atoms with E-state index in [4.69, 9.17) is 0 Å². The Kier molecular flexibility index (Phi) is 2.78. The van der Waals surface area contributed by atoms with Gasteiger partial charge in [0, 0.05) is 24.1 Å². The lowest BCUT2D eigenvalue weighted by Crippen LogP contribution is -2.37. The maximum atomic E-state index is 13.3. The first-order valence-electron chi connectivity index (χ1n) is 6.27. The number of imidazole rings is 1. The van der Waals surface area contributed by atoms with E-state index >= 15 is 0 Å². The number of hydrogen-bond acceptors (Lipinski definition) is 2. The van der Waals surface area contributed by atoms with Crippen LogP contribution in [0.1, 0.15) is 24.7 Å². The highest BCUT2D eigenvalue weighted by Crippen LogP contribution is 2.31. The average molecular weight is 245 g/mol. The molecule has 3 rings (SSSR count). The first-order chi connectivity index (χ1) is 8.74. The summed E-state index contributed by atoms with van der Waals surface area (Å²) in [5.74, 6) is 0.792. The second kappa shape index (κ2) is 4.44. The molecule has 1 aromatic heterocycles. The lowest BCUT2D eigenvalue weighted by atomic mass is 9.96. The zero-order valence-corrected chi connectivity index (χ0v) is 10.4. The molecule has 3 nitrogen and oxygen atoms in total. The third-order valence-corrected chi connectivity index (χ3v) is 3.59. The third kappa shape index (κ3) is 1.98. The molecule has 1 atom stereocenters. The number of anilines is 1. The molecule has 1 N–H and O–H groups in total. The molecule has 0 saturated heterocycles. The zero-order chi connectivity index (χ0) is 12.5. The van der Waals surface area contributed by atoms with Crippen molar-refractivity contribution in [3.8, 4) is 0 Å². The van der Waals surface area contributed by atoms with Gasteiger partial charge in [-0.3, -0.25) is 0 Å². The fourth-order valence-electron chi connectivity index (χ4n) is 2.58. The van der Waals surface area contributed by atoms with Gasteiger partial charge in [0.1, 0.15) is 11.6 Å². The van der Waals surface area contributed by atoms with Gasteiger partial charge in [-0.15, -0.1) is 0 Å². The topological polar surface area (TPSA) is 31.9 Å². The molecular weight excluding hydrogens is 229 g/mol. The number of nitrogens with zero attached hydrogens (tertiary/aromatic N) is 2. The summed E-state index contributed by atoms with van der Waals surface area (Å²) in [4.78, 5) is 9.67. The number of nitrogens with one attached hydrogen (secondary N) is 1. The number of aromatic nitrogens is 2. The van der Waals surface area contributed by atoms with Crippen LogP contribution in [-0.4, -0.2) is 16.0 Å². The molecule has 0 amide bonds. The maximum absolute atomic E-state index is 13.3. The van der Waals surface area contributed by atoms with Gasteiger partial charge in [-0.2, -0.15) is 0 Å². The maximum Gasteiger partial charge on any atom is 0.125 e. The standard InChI is InChI=1S/C14H16FN3/c1-10-2-3-11-8-12(15)4-5-13(11)18(10)9-14-16-6-7-17-14/h4-8,10H,2-3,9H2,1H3,(H,16,17)/t10-/m0/s1. The Hall–Kier alpha value is -1.84. The summed E-state index contributed by atoms with van der Waals surface area (Å²) in [6, 6.07) is 5.51. The second-order valence-corrected chi connectivity index (χ2v) is 4.82. The van der Waals surface area contributed by atoms with Crippen molar-refractivity contribution in [1.82, 2.24) is 9.97 Å². The molecule has 2 aromatic rings. The highest BCUT2D eigenvalue weighted by atomic mass is 19.1. The summed E-state index contributed by atoms with van der Waals surface area (Å²) in [6.45, 7) is 2.95. The fraction of sp³-hybridized carbons (Fsp3) is 0.357. The quantitative estimate of drug-likeness (QED) is 0.882. The summed E-state index contributed by atoms with van der Waals surface area (Å²) in [7, 11) is 0. The van der Waals surface area contributed by atoms with Crippen LogP contribution in [0, 0.1) is 5.82 Å². The van der Waals surface area contributed by atoms with Gasteiger partial charge in [-0.25, -0.2) is 9.37 Å². The van der Waals surface area contributed by atoms with Gasteiger partial charge in [-0.05, 0) is 43.5 Å². The van der Waals surface area contributed by atoms with Crippen LogP contribution >= 0.6 is 0 Å². The van der Waals surface area contributed by atoms with E-state index in [0.717, 1.165) is 36.5 Å². The van der Waals surface area contributed by atoms with Crippen LogP contribution in [0.5, 0.6) is 0 Å². The molecule has 4 heteroatoms. The van der Waals surface area contributed by atoms with Crippen LogP contribution in [0.15, 0.2) is 30.6 Å². The Morgan fingerprint density at radius 2 is 2.39 bits per heavy atom. The van der Waals surface area contributed by atoms with Crippen LogP contribution in [0.25, 0.3) is 0 Å². The Bertz CT molecular complexity index is 536.